The van der Waals surface area contributed by atoms with Crippen molar-refractivity contribution in [3.63, 3.8) is 0 Å². The summed E-state index contributed by atoms with van der Waals surface area (Å²) in [5, 5.41) is 11.6. The number of amides is 1. The van der Waals surface area contributed by atoms with Crippen LogP contribution in [-0.2, 0) is 4.79 Å². The molecular formula is C13H17NO3S. The number of para-hydroxylation sites is 1. The largest absolute Gasteiger partial charge is 0.478 e. The van der Waals surface area contributed by atoms with Gasteiger partial charge in [0.2, 0.25) is 5.91 Å². The SMILES string of the molecule is CCCCSCC(=O)Nc1ccccc1C(=O)O. The molecule has 0 unspecified atom stereocenters. The summed E-state index contributed by atoms with van der Waals surface area (Å²) in [4.78, 5) is 22.6. The smallest absolute Gasteiger partial charge is 0.337 e. The number of anilines is 1. The van der Waals surface area contributed by atoms with E-state index in [1.807, 2.05) is 0 Å². The van der Waals surface area contributed by atoms with Gasteiger partial charge in [-0.2, -0.15) is 11.8 Å². The first-order valence-corrected chi connectivity index (χ1v) is 7.00. The van der Waals surface area contributed by atoms with E-state index in [0.717, 1.165) is 18.6 Å². The van der Waals surface area contributed by atoms with Gasteiger partial charge in [0, 0.05) is 0 Å². The molecule has 0 saturated heterocycles. The lowest BCUT2D eigenvalue weighted by atomic mass is 10.2. The average Bonchev–Trinajstić information content (AvgIpc) is 2.35. The summed E-state index contributed by atoms with van der Waals surface area (Å²) in [7, 11) is 0. The number of nitrogens with one attached hydrogen (secondary N) is 1. The zero-order valence-corrected chi connectivity index (χ0v) is 11.1. The molecule has 0 radical (unpaired) electrons. The molecule has 2 N–H and O–H groups in total. The number of hydrogen-bond acceptors (Lipinski definition) is 3. The number of hydrogen-bond donors (Lipinski definition) is 2. The quantitative estimate of drug-likeness (QED) is 0.745. The van der Waals surface area contributed by atoms with Crippen molar-refractivity contribution in [3.05, 3.63) is 29.8 Å². The lowest BCUT2D eigenvalue weighted by Gasteiger charge is -2.07. The van der Waals surface area contributed by atoms with Crippen LogP contribution in [-0.4, -0.2) is 28.5 Å². The van der Waals surface area contributed by atoms with Crippen molar-refractivity contribution in [2.75, 3.05) is 16.8 Å². The van der Waals surface area contributed by atoms with Crippen LogP contribution in [0.4, 0.5) is 5.69 Å². The van der Waals surface area contributed by atoms with Crippen molar-refractivity contribution in [1.29, 1.82) is 0 Å². The van der Waals surface area contributed by atoms with Crippen LogP contribution >= 0.6 is 11.8 Å². The number of aromatic carboxylic acids is 1. The van der Waals surface area contributed by atoms with E-state index in [2.05, 4.69) is 12.2 Å². The molecule has 1 aromatic rings. The van der Waals surface area contributed by atoms with Crippen molar-refractivity contribution in [2.24, 2.45) is 0 Å². The Hall–Kier alpha value is -1.49. The van der Waals surface area contributed by atoms with E-state index in [1.54, 1.807) is 30.0 Å². The van der Waals surface area contributed by atoms with E-state index in [1.165, 1.54) is 6.07 Å². The van der Waals surface area contributed by atoms with Gasteiger partial charge in [0.25, 0.3) is 0 Å². The molecule has 0 heterocycles. The Morgan fingerprint density at radius 2 is 2.06 bits per heavy atom. The minimum absolute atomic E-state index is 0.115. The average molecular weight is 267 g/mol. The van der Waals surface area contributed by atoms with Gasteiger partial charge < -0.3 is 10.4 Å². The van der Waals surface area contributed by atoms with E-state index in [0.29, 0.717) is 11.4 Å². The molecule has 0 fully saturated rings. The molecule has 0 atom stereocenters. The lowest BCUT2D eigenvalue weighted by Crippen LogP contribution is -2.16. The lowest BCUT2D eigenvalue weighted by molar-refractivity contribution is -0.113. The zero-order chi connectivity index (χ0) is 13.4. The first kappa shape index (κ1) is 14.6. The molecule has 5 heteroatoms. The number of unbranched alkanes of at least 4 members (excludes halogenated alkanes) is 1. The minimum atomic E-state index is -1.04. The van der Waals surface area contributed by atoms with Gasteiger partial charge in [-0.3, -0.25) is 4.79 Å². The molecule has 1 amide bonds. The summed E-state index contributed by atoms with van der Waals surface area (Å²) >= 11 is 1.56. The highest BCUT2D eigenvalue weighted by atomic mass is 32.2. The third kappa shape index (κ3) is 4.79. The van der Waals surface area contributed by atoms with Gasteiger partial charge in [0.15, 0.2) is 0 Å². The molecule has 1 aromatic carbocycles. The molecule has 18 heavy (non-hydrogen) atoms. The monoisotopic (exact) mass is 267 g/mol. The van der Waals surface area contributed by atoms with Crippen LogP contribution in [0, 0.1) is 0 Å². The number of carbonyl (C=O) groups is 2. The number of carboxylic acids is 1. The summed E-state index contributed by atoms with van der Waals surface area (Å²) in [5.41, 5.74) is 0.468. The molecule has 0 spiro atoms. The Balaban J connectivity index is 2.51. The molecular weight excluding hydrogens is 250 g/mol. The van der Waals surface area contributed by atoms with Gasteiger partial charge >= 0.3 is 5.97 Å². The summed E-state index contributed by atoms with van der Waals surface area (Å²) < 4.78 is 0. The zero-order valence-electron chi connectivity index (χ0n) is 10.3. The predicted octanol–water partition coefficient (Wildman–Crippen LogP) is 2.86. The third-order valence-corrected chi connectivity index (χ3v) is 3.35. The molecule has 0 aliphatic rings. The van der Waals surface area contributed by atoms with Gasteiger partial charge in [-0.25, -0.2) is 4.79 Å². The van der Waals surface area contributed by atoms with Crippen LogP contribution < -0.4 is 5.32 Å². The van der Waals surface area contributed by atoms with E-state index in [-0.39, 0.29) is 11.5 Å². The number of carboxylic acid groups (broad SMARTS) is 1. The van der Waals surface area contributed by atoms with E-state index in [4.69, 9.17) is 5.11 Å². The number of benzene rings is 1. The van der Waals surface area contributed by atoms with Crippen LogP contribution in [0.2, 0.25) is 0 Å². The summed E-state index contributed by atoms with van der Waals surface area (Å²) in [5.74, 6) is 0.104. The third-order valence-electron chi connectivity index (χ3n) is 2.31. The van der Waals surface area contributed by atoms with Crippen molar-refractivity contribution in [3.8, 4) is 0 Å². The first-order chi connectivity index (χ1) is 8.65. The fourth-order valence-electron chi connectivity index (χ4n) is 1.38. The Morgan fingerprint density at radius 3 is 2.72 bits per heavy atom. The maximum absolute atomic E-state index is 11.6. The van der Waals surface area contributed by atoms with E-state index >= 15 is 0 Å². The molecule has 1 rings (SSSR count). The Labute approximate surface area is 111 Å². The molecule has 0 aromatic heterocycles. The van der Waals surface area contributed by atoms with Gasteiger partial charge in [0.1, 0.15) is 0 Å². The van der Waals surface area contributed by atoms with Crippen molar-refractivity contribution in [1.82, 2.24) is 0 Å². The molecule has 0 aliphatic heterocycles. The summed E-state index contributed by atoms with van der Waals surface area (Å²) in [6.45, 7) is 2.10. The van der Waals surface area contributed by atoms with Crippen LogP contribution in [0.1, 0.15) is 30.1 Å². The van der Waals surface area contributed by atoms with Gasteiger partial charge in [-0.15, -0.1) is 0 Å². The van der Waals surface area contributed by atoms with E-state index < -0.39 is 5.97 Å². The second-order valence-corrected chi connectivity index (χ2v) is 4.91. The molecule has 0 aliphatic carbocycles. The fraction of sp³-hybridized carbons (Fsp3) is 0.385. The maximum atomic E-state index is 11.6. The molecule has 4 nitrogen and oxygen atoms in total. The highest BCUT2D eigenvalue weighted by molar-refractivity contribution is 7.99. The van der Waals surface area contributed by atoms with Crippen molar-refractivity contribution >= 4 is 29.3 Å². The number of carbonyl (C=O) groups excluding carboxylic acids is 1. The Kier molecular flexibility index (Phi) is 6.28. The molecule has 98 valence electrons. The van der Waals surface area contributed by atoms with Crippen LogP contribution in [0.5, 0.6) is 0 Å². The second kappa shape index (κ2) is 7.76. The van der Waals surface area contributed by atoms with Gasteiger partial charge in [-0.05, 0) is 24.3 Å². The van der Waals surface area contributed by atoms with E-state index in [9.17, 15) is 9.59 Å². The van der Waals surface area contributed by atoms with Crippen molar-refractivity contribution < 1.29 is 14.7 Å². The second-order valence-electron chi connectivity index (χ2n) is 3.81. The number of thioether (sulfide) groups is 1. The first-order valence-electron chi connectivity index (χ1n) is 5.85. The molecule has 0 saturated carbocycles. The van der Waals surface area contributed by atoms with Crippen molar-refractivity contribution in [2.45, 2.75) is 19.8 Å². The Bertz CT molecular complexity index is 420. The van der Waals surface area contributed by atoms with Crippen LogP contribution in [0.25, 0.3) is 0 Å². The standard InChI is InChI=1S/C13H17NO3S/c1-2-3-8-18-9-12(15)14-11-7-5-4-6-10(11)13(16)17/h4-7H,2-3,8-9H2,1H3,(H,14,15)(H,16,17). The topological polar surface area (TPSA) is 66.4 Å². The highest BCUT2D eigenvalue weighted by Gasteiger charge is 2.11. The normalized spacial score (nSPS) is 10.1. The van der Waals surface area contributed by atoms with Gasteiger partial charge in [-0.1, -0.05) is 25.5 Å². The minimum Gasteiger partial charge on any atom is -0.478 e. The van der Waals surface area contributed by atoms with Crippen LogP contribution in [0.3, 0.4) is 0 Å². The van der Waals surface area contributed by atoms with Crippen LogP contribution in [0.15, 0.2) is 24.3 Å². The number of rotatable bonds is 7. The fourth-order valence-corrected chi connectivity index (χ4v) is 2.27. The van der Waals surface area contributed by atoms with Gasteiger partial charge in [0.05, 0.1) is 17.0 Å². The highest BCUT2D eigenvalue weighted by Crippen LogP contribution is 2.15. The molecule has 0 bridgehead atoms. The summed E-state index contributed by atoms with van der Waals surface area (Å²) in [6, 6.07) is 6.40. The predicted molar refractivity (Wildman–Crippen MR) is 74.3 cm³/mol. The maximum Gasteiger partial charge on any atom is 0.337 e. The Morgan fingerprint density at radius 1 is 1.33 bits per heavy atom. The summed E-state index contributed by atoms with van der Waals surface area (Å²) in [6.07, 6.45) is 2.19.